The van der Waals surface area contributed by atoms with Crippen molar-refractivity contribution in [2.75, 3.05) is 31.2 Å². The number of morpholine rings is 1. The van der Waals surface area contributed by atoms with Gasteiger partial charge in [0.2, 0.25) is 0 Å². The maximum Gasteiger partial charge on any atom is 0.281 e. The van der Waals surface area contributed by atoms with E-state index in [1.54, 1.807) is 48.3 Å². The van der Waals surface area contributed by atoms with Gasteiger partial charge in [0.1, 0.15) is 4.88 Å². The maximum absolute atomic E-state index is 12.6. The van der Waals surface area contributed by atoms with E-state index in [4.69, 9.17) is 4.74 Å². The van der Waals surface area contributed by atoms with E-state index in [1.807, 2.05) is 6.07 Å². The first kappa shape index (κ1) is 19.1. The second kappa shape index (κ2) is 8.41. The average molecular weight is 412 g/mol. The van der Waals surface area contributed by atoms with Crippen LogP contribution in [0.2, 0.25) is 0 Å². The fraction of sp³-hybridized carbons (Fsp3) is 0.263. The molecule has 0 radical (unpaired) electrons. The van der Waals surface area contributed by atoms with Crippen molar-refractivity contribution in [2.24, 2.45) is 0 Å². The zero-order valence-electron chi connectivity index (χ0n) is 15.8. The fourth-order valence-corrected chi connectivity index (χ4v) is 4.01. The number of hydrogen-bond donors (Lipinski definition) is 2. The number of benzene rings is 1. The lowest BCUT2D eigenvalue weighted by Crippen LogP contribution is -2.41. The van der Waals surface area contributed by atoms with Crippen LogP contribution in [0.3, 0.4) is 0 Å². The number of ether oxygens (including phenoxy) is 1. The number of amides is 2. The van der Waals surface area contributed by atoms with E-state index in [2.05, 4.69) is 25.8 Å². The number of hydrogen-bond acceptors (Lipinski definition) is 7. The molecule has 9 nitrogen and oxygen atoms in total. The molecule has 4 rings (SSSR count). The number of carbonyl (C=O) groups is 2. The normalized spacial score (nSPS) is 13.9. The molecule has 29 heavy (non-hydrogen) atoms. The number of nitrogens with one attached hydrogen (secondary N) is 2. The van der Waals surface area contributed by atoms with E-state index >= 15 is 0 Å². The minimum Gasteiger partial charge on any atom is -0.378 e. The summed E-state index contributed by atoms with van der Waals surface area (Å²) < 4.78 is 6.95. The number of aromatic nitrogens is 3. The molecule has 1 saturated heterocycles. The Morgan fingerprint density at radius 2 is 1.86 bits per heavy atom. The van der Waals surface area contributed by atoms with Crippen molar-refractivity contribution in [2.45, 2.75) is 6.92 Å². The van der Waals surface area contributed by atoms with Gasteiger partial charge in [0.15, 0.2) is 5.13 Å². The van der Waals surface area contributed by atoms with Crippen LogP contribution in [0.15, 0.2) is 42.7 Å². The summed E-state index contributed by atoms with van der Waals surface area (Å²) in [6.07, 6.45) is 3.38. The summed E-state index contributed by atoms with van der Waals surface area (Å²) in [6.45, 7) is 4.56. The third kappa shape index (κ3) is 4.13. The molecule has 1 aliphatic rings. The number of hydrazine groups is 1. The highest BCUT2D eigenvalue weighted by molar-refractivity contribution is 7.17. The molecule has 0 spiro atoms. The van der Waals surface area contributed by atoms with E-state index < -0.39 is 11.8 Å². The van der Waals surface area contributed by atoms with Crippen molar-refractivity contribution >= 4 is 28.3 Å². The van der Waals surface area contributed by atoms with Crippen molar-refractivity contribution < 1.29 is 14.3 Å². The van der Waals surface area contributed by atoms with Gasteiger partial charge in [0, 0.05) is 25.5 Å². The van der Waals surface area contributed by atoms with Crippen LogP contribution in [0.5, 0.6) is 0 Å². The number of para-hydroxylation sites is 1. The minimum absolute atomic E-state index is 0.395. The Labute approximate surface area is 171 Å². The van der Waals surface area contributed by atoms with Gasteiger partial charge in [-0.05, 0) is 25.1 Å². The topological polar surface area (TPSA) is 101 Å². The lowest BCUT2D eigenvalue weighted by molar-refractivity contribution is 0.0848. The highest BCUT2D eigenvalue weighted by atomic mass is 32.1. The summed E-state index contributed by atoms with van der Waals surface area (Å²) in [5.41, 5.74) is 6.61. The fourth-order valence-electron chi connectivity index (χ4n) is 3.00. The van der Waals surface area contributed by atoms with E-state index in [-0.39, 0.29) is 0 Å². The third-order valence-electron chi connectivity index (χ3n) is 4.46. The Kier molecular flexibility index (Phi) is 5.54. The summed E-state index contributed by atoms with van der Waals surface area (Å²) in [7, 11) is 0. The molecule has 3 heterocycles. The molecular weight excluding hydrogens is 392 g/mol. The zero-order valence-corrected chi connectivity index (χ0v) is 16.6. The molecule has 1 aromatic carbocycles. The number of aryl methyl sites for hydroxylation is 1. The largest absolute Gasteiger partial charge is 0.378 e. The maximum atomic E-state index is 12.6. The number of thiazole rings is 1. The van der Waals surface area contributed by atoms with Gasteiger partial charge in [-0.2, -0.15) is 5.10 Å². The first-order chi connectivity index (χ1) is 14.1. The predicted octanol–water partition coefficient (Wildman–Crippen LogP) is 1.55. The van der Waals surface area contributed by atoms with Crippen LogP contribution in [0.25, 0.3) is 5.69 Å². The SMILES string of the molecule is Cc1nc(N2CCOCC2)sc1C(=O)NNC(=O)c1ccccc1-n1cccn1. The van der Waals surface area contributed by atoms with Gasteiger partial charge in [0.05, 0.1) is 30.2 Å². The standard InChI is InChI=1S/C19H20N6O3S/c1-13-16(29-19(21-13)24-9-11-28-12-10-24)18(27)23-22-17(26)14-5-2-3-6-15(14)25-8-4-7-20-25/h2-8H,9-12H2,1H3,(H,22,26)(H,23,27). The van der Waals surface area contributed by atoms with E-state index in [1.165, 1.54) is 11.3 Å². The summed E-state index contributed by atoms with van der Waals surface area (Å²) in [5, 5.41) is 4.94. The monoisotopic (exact) mass is 412 g/mol. The molecule has 2 aromatic heterocycles. The van der Waals surface area contributed by atoms with Crippen LogP contribution >= 0.6 is 11.3 Å². The first-order valence-electron chi connectivity index (χ1n) is 9.13. The second-order valence-corrected chi connectivity index (χ2v) is 7.36. The molecule has 3 aromatic rings. The second-order valence-electron chi connectivity index (χ2n) is 6.39. The third-order valence-corrected chi connectivity index (χ3v) is 5.68. The number of nitrogens with zero attached hydrogens (tertiary/aromatic N) is 4. The quantitative estimate of drug-likeness (QED) is 0.631. The summed E-state index contributed by atoms with van der Waals surface area (Å²) in [5.74, 6) is -0.829. The minimum atomic E-state index is -0.431. The number of rotatable bonds is 4. The molecule has 2 N–H and O–H groups in total. The lowest BCUT2D eigenvalue weighted by atomic mass is 10.1. The van der Waals surface area contributed by atoms with Crippen LogP contribution < -0.4 is 15.8 Å². The highest BCUT2D eigenvalue weighted by Crippen LogP contribution is 2.26. The van der Waals surface area contributed by atoms with Gasteiger partial charge in [-0.15, -0.1) is 0 Å². The Morgan fingerprint density at radius 3 is 2.62 bits per heavy atom. The van der Waals surface area contributed by atoms with Crippen LogP contribution in [0.4, 0.5) is 5.13 Å². The molecule has 0 atom stereocenters. The average Bonchev–Trinajstić information content (AvgIpc) is 3.42. The number of anilines is 1. The van der Waals surface area contributed by atoms with Gasteiger partial charge in [0.25, 0.3) is 11.8 Å². The molecule has 0 bridgehead atoms. The molecule has 0 unspecified atom stereocenters. The van der Waals surface area contributed by atoms with Crippen molar-refractivity contribution in [1.29, 1.82) is 0 Å². The Hall–Kier alpha value is -3.24. The molecule has 150 valence electrons. The van der Waals surface area contributed by atoms with Crippen LogP contribution in [-0.2, 0) is 4.74 Å². The highest BCUT2D eigenvalue weighted by Gasteiger charge is 2.21. The molecule has 10 heteroatoms. The van der Waals surface area contributed by atoms with Crippen molar-refractivity contribution in [3.63, 3.8) is 0 Å². The Bertz CT molecular complexity index is 1010. The first-order valence-corrected chi connectivity index (χ1v) is 9.95. The summed E-state index contributed by atoms with van der Waals surface area (Å²) in [6, 6.07) is 8.81. The van der Waals surface area contributed by atoms with Crippen LogP contribution in [-0.4, -0.2) is 52.9 Å². The Balaban J connectivity index is 1.44. The van der Waals surface area contributed by atoms with Crippen LogP contribution in [0, 0.1) is 6.92 Å². The molecule has 2 amide bonds. The van der Waals surface area contributed by atoms with Crippen molar-refractivity contribution in [3.8, 4) is 5.69 Å². The van der Waals surface area contributed by atoms with Gasteiger partial charge in [-0.3, -0.25) is 20.4 Å². The molecule has 0 saturated carbocycles. The Morgan fingerprint density at radius 1 is 1.10 bits per heavy atom. The zero-order chi connectivity index (χ0) is 20.2. The summed E-state index contributed by atoms with van der Waals surface area (Å²) in [4.78, 5) is 32.3. The lowest BCUT2D eigenvalue weighted by Gasteiger charge is -2.25. The van der Waals surface area contributed by atoms with Gasteiger partial charge in [-0.1, -0.05) is 23.5 Å². The van der Waals surface area contributed by atoms with E-state index in [0.717, 1.165) is 18.2 Å². The molecular formula is C19H20N6O3S. The molecule has 0 aliphatic carbocycles. The smallest absolute Gasteiger partial charge is 0.281 e. The predicted molar refractivity (Wildman–Crippen MR) is 108 cm³/mol. The van der Waals surface area contributed by atoms with Crippen molar-refractivity contribution in [1.82, 2.24) is 25.6 Å². The van der Waals surface area contributed by atoms with E-state index in [0.29, 0.717) is 35.0 Å². The number of carbonyl (C=O) groups excluding carboxylic acids is 2. The molecule has 1 aliphatic heterocycles. The van der Waals surface area contributed by atoms with Gasteiger partial charge < -0.3 is 9.64 Å². The molecule has 1 fully saturated rings. The van der Waals surface area contributed by atoms with Gasteiger partial charge >= 0.3 is 0 Å². The van der Waals surface area contributed by atoms with Crippen molar-refractivity contribution in [3.05, 3.63) is 58.9 Å². The van der Waals surface area contributed by atoms with Crippen LogP contribution in [0.1, 0.15) is 25.7 Å². The van der Waals surface area contributed by atoms with Gasteiger partial charge in [-0.25, -0.2) is 9.67 Å². The summed E-state index contributed by atoms with van der Waals surface area (Å²) >= 11 is 1.30. The van der Waals surface area contributed by atoms with E-state index in [9.17, 15) is 9.59 Å².